The van der Waals surface area contributed by atoms with Crippen molar-refractivity contribution in [1.29, 1.82) is 0 Å². The number of hydrogen-bond donors (Lipinski definition) is 0. The molecule has 0 aromatic heterocycles. The van der Waals surface area contributed by atoms with E-state index in [0.29, 0.717) is 6.17 Å². The molecule has 0 aliphatic carbocycles. The first-order chi connectivity index (χ1) is 34.7. The molecule has 0 amide bonds. The fraction of sp³-hybridized carbons (Fsp3) is 1.00. The molecule has 420 valence electrons. The summed E-state index contributed by atoms with van der Waals surface area (Å²) in [5.74, 6) is 0. The van der Waals surface area contributed by atoms with Gasteiger partial charge in [0.2, 0.25) is 0 Å². The van der Waals surface area contributed by atoms with Gasteiger partial charge in [0.25, 0.3) is 0 Å². The van der Waals surface area contributed by atoms with Crippen LogP contribution in [-0.4, -0.2) is 91.2 Å². The molecule has 0 spiro atoms. The minimum absolute atomic E-state index is 0.613. The lowest BCUT2D eigenvalue weighted by Crippen LogP contribution is -2.61. The molecule has 0 saturated carbocycles. The molecule has 0 aromatic rings. The molecule has 0 radical (unpaired) electrons. The Balaban J connectivity index is 2.95. The normalized spacial score (nSPS) is 14.9. The molecular formula is C66H136N4. The second-order valence-corrected chi connectivity index (χ2v) is 23.6. The van der Waals surface area contributed by atoms with Gasteiger partial charge in [-0.1, -0.05) is 324 Å². The second-order valence-electron chi connectivity index (χ2n) is 23.6. The van der Waals surface area contributed by atoms with Crippen LogP contribution in [0, 0.1) is 0 Å². The van der Waals surface area contributed by atoms with Crippen LogP contribution < -0.4 is 0 Å². The first-order valence-corrected chi connectivity index (χ1v) is 33.6. The quantitative estimate of drug-likeness (QED) is 0.0563. The molecule has 0 N–H and O–H groups in total. The van der Waals surface area contributed by atoms with E-state index in [1.54, 1.807) is 0 Å². The van der Waals surface area contributed by atoms with Gasteiger partial charge >= 0.3 is 0 Å². The van der Waals surface area contributed by atoms with E-state index in [2.05, 4.69) is 54.2 Å². The molecule has 0 bridgehead atoms. The van der Waals surface area contributed by atoms with Crippen molar-refractivity contribution < 1.29 is 0 Å². The summed E-state index contributed by atoms with van der Waals surface area (Å²) >= 11 is 0. The van der Waals surface area contributed by atoms with Gasteiger partial charge in [0, 0.05) is 32.7 Å². The van der Waals surface area contributed by atoms with Gasteiger partial charge in [0.05, 0.1) is 6.17 Å². The van der Waals surface area contributed by atoms with E-state index >= 15 is 0 Å². The molecule has 0 aromatic carbocycles. The molecule has 4 heteroatoms. The summed E-state index contributed by atoms with van der Waals surface area (Å²) in [6, 6.07) is 0. The largest absolute Gasteiger partial charge is 0.302 e. The number of piperazine rings is 1. The molecule has 0 unspecified atom stereocenters. The maximum absolute atomic E-state index is 3.06. The standard InChI is InChI=1S/C66H136N4/c1-6-11-16-21-26-31-36-41-46-51-56-67(57-52-47-42-37-32-27-22-17-12-7-2)61-62-68-63-64-70(60-55-50-45-40-35-30-25-20-15-10-5)66(65-68)69(58-53-48-43-38-33-28-23-18-13-8-3)59-54-49-44-39-34-29-24-19-14-9-4/h66H,6-65H2,1-5H3/t66-/m1/s1. The summed E-state index contributed by atoms with van der Waals surface area (Å²) in [5, 5.41) is 0. The highest BCUT2D eigenvalue weighted by Crippen LogP contribution is 2.21. The van der Waals surface area contributed by atoms with Crippen LogP contribution in [0.15, 0.2) is 0 Å². The fourth-order valence-corrected chi connectivity index (χ4v) is 11.7. The smallest absolute Gasteiger partial charge is 0.0754 e. The minimum Gasteiger partial charge on any atom is -0.302 e. The molecule has 1 aliphatic rings. The molecule has 1 saturated heterocycles. The van der Waals surface area contributed by atoms with Gasteiger partial charge in [-0.15, -0.1) is 0 Å². The van der Waals surface area contributed by atoms with Crippen LogP contribution in [0.4, 0.5) is 0 Å². The van der Waals surface area contributed by atoms with E-state index < -0.39 is 0 Å². The SMILES string of the molecule is CCCCCCCCCCCCN(CCCCCCCCCCCC)CCN1CCN(CCCCCCCCCCCC)[C@@H](N(CCCCCCCCCCCC)CCCCCCCCCCCC)C1. The Labute approximate surface area is 444 Å². The van der Waals surface area contributed by atoms with Crippen molar-refractivity contribution in [2.75, 3.05) is 65.4 Å². The molecule has 4 nitrogen and oxygen atoms in total. The van der Waals surface area contributed by atoms with E-state index in [1.165, 1.54) is 386 Å². The van der Waals surface area contributed by atoms with Gasteiger partial charge in [0.1, 0.15) is 0 Å². The topological polar surface area (TPSA) is 13.0 Å². The summed E-state index contributed by atoms with van der Waals surface area (Å²) in [6.07, 6.45) is 72.6. The van der Waals surface area contributed by atoms with Crippen molar-refractivity contribution in [2.24, 2.45) is 0 Å². The number of hydrogen-bond acceptors (Lipinski definition) is 4. The summed E-state index contributed by atoms with van der Waals surface area (Å²) < 4.78 is 0. The number of rotatable bonds is 59. The Morgan fingerprint density at radius 3 is 0.814 bits per heavy atom. The third-order valence-corrected chi connectivity index (χ3v) is 16.8. The highest BCUT2D eigenvalue weighted by atomic mass is 15.4. The second kappa shape index (κ2) is 56.6. The van der Waals surface area contributed by atoms with Crippen LogP contribution in [0.3, 0.4) is 0 Å². The predicted molar refractivity (Wildman–Crippen MR) is 319 cm³/mol. The van der Waals surface area contributed by atoms with Gasteiger partial charge in [-0.25, -0.2) is 0 Å². The van der Waals surface area contributed by atoms with Gasteiger partial charge in [0.15, 0.2) is 0 Å². The highest BCUT2D eigenvalue weighted by molar-refractivity contribution is 4.84. The lowest BCUT2D eigenvalue weighted by atomic mass is 10.1. The number of nitrogens with zero attached hydrogens (tertiary/aromatic N) is 4. The Kier molecular flexibility index (Phi) is 54.8. The Morgan fingerprint density at radius 1 is 0.257 bits per heavy atom. The molecule has 1 atom stereocenters. The molecule has 1 rings (SSSR count). The van der Waals surface area contributed by atoms with Crippen molar-refractivity contribution in [2.45, 2.75) is 362 Å². The van der Waals surface area contributed by atoms with Crippen LogP contribution in [0.25, 0.3) is 0 Å². The summed E-state index contributed by atoms with van der Waals surface area (Å²) in [7, 11) is 0. The van der Waals surface area contributed by atoms with Gasteiger partial charge in [-0.2, -0.15) is 0 Å². The van der Waals surface area contributed by atoms with E-state index in [1.807, 2.05) is 0 Å². The Morgan fingerprint density at radius 2 is 0.514 bits per heavy atom. The molecule has 1 heterocycles. The maximum atomic E-state index is 3.06. The first-order valence-electron chi connectivity index (χ1n) is 33.6. The van der Waals surface area contributed by atoms with E-state index in [-0.39, 0.29) is 0 Å². The molecule has 70 heavy (non-hydrogen) atoms. The zero-order valence-electron chi connectivity index (χ0n) is 49.8. The van der Waals surface area contributed by atoms with E-state index in [4.69, 9.17) is 0 Å². The lowest BCUT2D eigenvalue weighted by Gasteiger charge is -2.47. The maximum Gasteiger partial charge on any atom is 0.0754 e. The summed E-state index contributed by atoms with van der Waals surface area (Å²) in [6.45, 7) is 24.8. The molecule has 1 fully saturated rings. The van der Waals surface area contributed by atoms with Gasteiger partial charge < -0.3 is 4.90 Å². The van der Waals surface area contributed by atoms with Crippen LogP contribution in [-0.2, 0) is 0 Å². The van der Waals surface area contributed by atoms with E-state index in [9.17, 15) is 0 Å². The lowest BCUT2D eigenvalue weighted by molar-refractivity contribution is -0.0267. The van der Waals surface area contributed by atoms with Crippen LogP contribution in [0.5, 0.6) is 0 Å². The fourth-order valence-electron chi connectivity index (χ4n) is 11.7. The Bertz CT molecular complexity index is 908. The van der Waals surface area contributed by atoms with Crippen LogP contribution in [0.1, 0.15) is 356 Å². The zero-order valence-corrected chi connectivity index (χ0v) is 49.8. The summed E-state index contributed by atoms with van der Waals surface area (Å²) in [4.78, 5) is 12.0. The van der Waals surface area contributed by atoms with Crippen LogP contribution >= 0.6 is 0 Å². The van der Waals surface area contributed by atoms with Gasteiger partial charge in [-0.3, -0.25) is 14.7 Å². The van der Waals surface area contributed by atoms with Crippen molar-refractivity contribution >= 4 is 0 Å². The average Bonchev–Trinajstić information content (AvgIpc) is 3.37. The third-order valence-electron chi connectivity index (χ3n) is 16.8. The van der Waals surface area contributed by atoms with Crippen molar-refractivity contribution in [3.63, 3.8) is 0 Å². The predicted octanol–water partition coefficient (Wildman–Crippen LogP) is 21.1. The monoisotopic (exact) mass is 985 g/mol. The summed E-state index contributed by atoms with van der Waals surface area (Å²) in [5.41, 5.74) is 0. The van der Waals surface area contributed by atoms with E-state index in [0.717, 1.165) is 0 Å². The third kappa shape index (κ3) is 45.3. The van der Waals surface area contributed by atoms with Crippen molar-refractivity contribution in [3.8, 4) is 0 Å². The van der Waals surface area contributed by atoms with Gasteiger partial charge in [-0.05, 0) is 64.8 Å². The van der Waals surface area contributed by atoms with Crippen molar-refractivity contribution in [1.82, 2.24) is 19.6 Å². The Hall–Kier alpha value is -0.160. The minimum atomic E-state index is 0.613. The highest BCUT2D eigenvalue weighted by Gasteiger charge is 2.31. The van der Waals surface area contributed by atoms with Crippen molar-refractivity contribution in [3.05, 3.63) is 0 Å². The molecular weight excluding hydrogens is 849 g/mol. The first kappa shape index (κ1) is 67.9. The zero-order chi connectivity index (χ0) is 50.3. The average molecular weight is 986 g/mol. The number of unbranched alkanes of at least 4 members (excludes halogenated alkanes) is 45. The molecule has 1 aliphatic heterocycles. The van der Waals surface area contributed by atoms with Crippen LogP contribution in [0.2, 0.25) is 0 Å².